The summed E-state index contributed by atoms with van der Waals surface area (Å²) in [7, 11) is 0. The van der Waals surface area contributed by atoms with Crippen LogP contribution in [0.2, 0.25) is 0 Å². The fourth-order valence-corrected chi connectivity index (χ4v) is 1.89. The van der Waals surface area contributed by atoms with Gasteiger partial charge in [-0.25, -0.2) is 0 Å². The zero-order chi connectivity index (χ0) is 16.2. The van der Waals surface area contributed by atoms with Gasteiger partial charge >= 0.3 is 6.18 Å². The maximum absolute atomic E-state index is 12.6. The van der Waals surface area contributed by atoms with Gasteiger partial charge in [-0.15, -0.1) is 0 Å². The molecule has 118 valence electrons. The van der Waals surface area contributed by atoms with E-state index in [1.807, 2.05) is 0 Å². The summed E-state index contributed by atoms with van der Waals surface area (Å²) in [5.41, 5.74) is -0.530. The summed E-state index contributed by atoms with van der Waals surface area (Å²) in [5.74, 6) is 0.258. The summed E-state index contributed by atoms with van der Waals surface area (Å²) in [6.07, 6.45) is -2.91. The van der Waals surface area contributed by atoms with Gasteiger partial charge in [0, 0.05) is 5.69 Å². The highest BCUT2D eigenvalue weighted by Gasteiger charge is 2.30. The van der Waals surface area contributed by atoms with Crippen molar-refractivity contribution in [2.45, 2.75) is 19.1 Å². The number of carbonyl (C=O) groups excluding carboxylic acids is 1. The van der Waals surface area contributed by atoms with Crippen molar-refractivity contribution in [1.29, 1.82) is 0 Å². The zero-order valence-corrected chi connectivity index (χ0v) is 11.8. The second kappa shape index (κ2) is 6.55. The third kappa shape index (κ3) is 4.28. The van der Waals surface area contributed by atoms with Crippen molar-refractivity contribution in [3.63, 3.8) is 0 Å². The smallest absolute Gasteiger partial charge is 0.416 e. The molecule has 0 aliphatic heterocycles. The monoisotopic (exact) mass is 312 g/mol. The SMILES string of the molecule is C[C@H](NC(=O)CNc1cccc(C(F)(F)F)c1)c1ccco1. The third-order valence-electron chi connectivity index (χ3n) is 2.99. The number of hydrogen-bond acceptors (Lipinski definition) is 3. The van der Waals surface area contributed by atoms with E-state index in [1.165, 1.54) is 18.4 Å². The standard InChI is InChI=1S/C15H15F3N2O2/c1-10(13-6-3-7-22-13)20-14(21)9-19-12-5-2-4-11(8-12)15(16,17)18/h2-8,10,19H,9H2,1H3,(H,20,21)/t10-/m0/s1. The maximum atomic E-state index is 12.6. The van der Waals surface area contributed by atoms with Gasteiger partial charge in [0.25, 0.3) is 0 Å². The van der Waals surface area contributed by atoms with E-state index >= 15 is 0 Å². The Morgan fingerprint density at radius 3 is 2.68 bits per heavy atom. The summed E-state index contributed by atoms with van der Waals surface area (Å²) >= 11 is 0. The van der Waals surface area contributed by atoms with Crippen molar-refractivity contribution < 1.29 is 22.4 Å². The molecule has 22 heavy (non-hydrogen) atoms. The van der Waals surface area contributed by atoms with E-state index in [1.54, 1.807) is 19.1 Å². The van der Waals surface area contributed by atoms with Gasteiger partial charge in [0.05, 0.1) is 24.4 Å². The van der Waals surface area contributed by atoms with Crippen LogP contribution < -0.4 is 10.6 Å². The number of hydrogen-bond donors (Lipinski definition) is 2. The van der Waals surface area contributed by atoms with Gasteiger partial charge < -0.3 is 15.1 Å². The number of nitrogens with one attached hydrogen (secondary N) is 2. The molecule has 0 aliphatic carbocycles. The molecule has 1 atom stereocenters. The van der Waals surface area contributed by atoms with E-state index in [4.69, 9.17) is 4.42 Å². The van der Waals surface area contributed by atoms with Gasteiger partial charge in [0.2, 0.25) is 5.91 Å². The topological polar surface area (TPSA) is 54.3 Å². The van der Waals surface area contributed by atoms with Gasteiger partial charge in [-0.05, 0) is 37.3 Å². The van der Waals surface area contributed by atoms with Crippen LogP contribution in [-0.4, -0.2) is 12.5 Å². The van der Waals surface area contributed by atoms with Crippen LogP contribution in [0.1, 0.15) is 24.3 Å². The Kier molecular flexibility index (Phi) is 4.75. The lowest BCUT2D eigenvalue weighted by Gasteiger charge is -2.13. The number of rotatable bonds is 5. The van der Waals surface area contributed by atoms with E-state index in [-0.39, 0.29) is 24.2 Å². The lowest BCUT2D eigenvalue weighted by molar-refractivity contribution is -0.137. The molecule has 2 aromatic rings. The Hall–Kier alpha value is -2.44. The highest BCUT2D eigenvalue weighted by molar-refractivity contribution is 5.81. The van der Waals surface area contributed by atoms with E-state index < -0.39 is 11.7 Å². The van der Waals surface area contributed by atoms with Crippen molar-refractivity contribution in [3.8, 4) is 0 Å². The number of carbonyl (C=O) groups is 1. The van der Waals surface area contributed by atoms with Gasteiger partial charge in [0.1, 0.15) is 5.76 Å². The molecule has 1 aromatic carbocycles. The van der Waals surface area contributed by atoms with Crippen molar-refractivity contribution in [3.05, 3.63) is 54.0 Å². The second-order valence-corrected chi connectivity index (χ2v) is 4.74. The molecule has 0 saturated heterocycles. The van der Waals surface area contributed by atoms with Crippen molar-refractivity contribution in [2.75, 3.05) is 11.9 Å². The normalized spacial score (nSPS) is 12.7. The molecule has 1 amide bonds. The van der Waals surface area contributed by atoms with Crippen LogP contribution in [0.5, 0.6) is 0 Å². The molecule has 0 aliphatic rings. The predicted octanol–water partition coefficient (Wildman–Crippen LogP) is 3.59. The summed E-state index contributed by atoms with van der Waals surface area (Å²) < 4.78 is 42.9. The van der Waals surface area contributed by atoms with Gasteiger partial charge in [0.15, 0.2) is 0 Å². The number of furan rings is 1. The molecule has 7 heteroatoms. The largest absolute Gasteiger partial charge is 0.467 e. The molecule has 2 N–H and O–H groups in total. The van der Waals surface area contributed by atoms with Gasteiger partial charge in [-0.3, -0.25) is 4.79 Å². The molecule has 1 heterocycles. The second-order valence-electron chi connectivity index (χ2n) is 4.74. The summed E-state index contributed by atoms with van der Waals surface area (Å²) in [6, 6.07) is 7.82. The number of alkyl halides is 3. The molecule has 0 bridgehead atoms. The molecule has 0 fully saturated rings. The maximum Gasteiger partial charge on any atom is 0.416 e. The molecule has 2 rings (SSSR count). The van der Waals surface area contributed by atoms with Crippen LogP contribution in [0.25, 0.3) is 0 Å². The van der Waals surface area contributed by atoms with Gasteiger partial charge in [-0.2, -0.15) is 13.2 Å². The van der Waals surface area contributed by atoms with Gasteiger partial charge in [-0.1, -0.05) is 6.07 Å². The number of amides is 1. The first-order valence-corrected chi connectivity index (χ1v) is 6.60. The van der Waals surface area contributed by atoms with Crippen molar-refractivity contribution >= 4 is 11.6 Å². The Morgan fingerprint density at radius 2 is 2.05 bits per heavy atom. The molecular weight excluding hydrogens is 297 g/mol. The summed E-state index contributed by atoms with van der Waals surface area (Å²) in [4.78, 5) is 11.8. The average molecular weight is 312 g/mol. The van der Waals surface area contributed by atoms with Crippen LogP contribution in [-0.2, 0) is 11.0 Å². The first-order chi connectivity index (χ1) is 10.4. The van der Waals surface area contributed by atoms with Crippen LogP contribution in [0.4, 0.5) is 18.9 Å². The van der Waals surface area contributed by atoms with Crippen LogP contribution >= 0.6 is 0 Å². The Morgan fingerprint density at radius 1 is 1.27 bits per heavy atom. The number of anilines is 1. The summed E-state index contributed by atoms with van der Waals surface area (Å²) in [6.45, 7) is 1.62. The predicted molar refractivity (Wildman–Crippen MR) is 75.2 cm³/mol. The molecule has 0 spiro atoms. The molecule has 0 unspecified atom stereocenters. The molecule has 0 radical (unpaired) electrons. The molecular formula is C15H15F3N2O2. The number of benzene rings is 1. The zero-order valence-electron chi connectivity index (χ0n) is 11.8. The average Bonchev–Trinajstić information content (AvgIpc) is 2.99. The van der Waals surface area contributed by atoms with Crippen LogP contribution in [0.15, 0.2) is 47.1 Å². The van der Waals surface area contributed by atoms with E-state index in [2.05, 4.69) is 10.6 Å². The molecule has 4 nitrogen and oxygen atoms in total. The fraction of sp³-hybridized carbons (Fsp3) is 0.267. The summed E-state index contributed by atoms with van der Waals surface area (Å²) in [5, 5.41) is 5.34. The van der Waals surface area contributed by atoms with Crippen LogP contribution in [0, 0.1) is 0 Å². The van der Waals surface area contributed by atoms with E-state index in [0.29, 0.717) is 5.76 Å². The van der Waals surface area contributed by atoms with Crippen LogP contribution in [0.3, 0.4) is 0 Å². The fourth-order valence-electron chi connectivity index (χ4n) is 1.89. The van der Waals surface area contributed by atoms with E-state index in [9.17, 15) is 18.0 Å². The highest BCUT2D eigenvalue weighted by Crippen LogP contribution is 2.30. The quantitative estimate of drug-likeness (QED) is 0.887. The molecule has 0 saturated carbocycles. The Balaban J connectivity index is 1.89. The van der Waals surface area contributed by atoms with E-state index in [0.717, 1.165) is 12.1 Å². The van der Waals surface area contributed by atoms with Crippen molar-refractivity contribution in [1.82, 2.24) is 5.32 Å². The first kappa shape index (κ1) is 15.9. The lowest BCUT2D eigenvalue weighted by atomic mass is 10.2. The molecule has 1 aromatic heterocycles. The first-order valence-electron chi connectivity index (χ1n) is 6.60. The third-order valence-corrected chi connectivity index (χ3v) is 2.99. The minimum absolute atomic E-state index is 0.133. The minimum atomic E-state index is -4.41. The highest BCUT2D eigenvalue weighted by atomic mass is 19.4. The lowest BCUT2D eigenvalue weighted by Crippen LogP contribution is -2.31. The Bertz CT molecular complexity index is 624. The minimum Gasteiger partial charge on any atom is -0.467 e. The Labute approximate surface area is 125 Å². The number of halogens is 3. The van der Waals surface area contributed by atoms with Crippen molar-refractivity contribution in [2.24, 2.45) is 0 Å².